The van der Waals surface area contributed by atoms with Crippen molar-refractivity contribution >= 4 is 11.8 Å². The summed E-state index contributed by atoms with van der Waals surface area (Å²) in [5, 5.41) is 4.45. The molecule has 4 nitrogen and oxygen atoms in total. The molecule has 1 aromatic carbocycles. The van der Waals surface area contributed by atoms with E-state index < -0.39 is 0 Å². The Morgan fingerprint density at radius 1 is 1.18 bits per heavy atom. The van der Waals surface area contributed by atoms with Crippen molar-refractivity contribution in [3.63, 3.8) is 0 Å². The van der Waals surface area contributed by atoms with Crippen molar-refractivity contribution in [1.82, 2.24) is 14.8 Å². The summed E-state index contributed by atoms with van der Waals surface area (Å²) >= 11 is 1.75. The lowest BCUT2D eigenvalue weighted by atomic mass is 10.1. The molecule has 5 heteroatoms. The molecule has 0 bridgehead atoms. The van der Waals surface area contributed by atoms with Gasteiger partial charge in [0, 0.05) is 0 Å². The number of hydrogen-bond acceptors (Lipinski definition) is 4. The minimum absolute atomic E-state index is 0.323. The second-order valence-corrected chi connectivity index (χ2v) is 6.42. The lowest BCUT2D eigenvalue weighted by Gasteiger charge is -2.11. The van der Waals surface area contributed by atoms with Crippen molar-refractivity contribution in [2.24, 2.45) is 0 Å². The minimum Gasteiger partial charge on any atom is -0.457 e. The van der Waals surface area contributed by atoms with Gasteiger partial charge in [-0.25, -0.2) is 9.67 Å². The SMILES string of the molecule is CSCc1ccc(-c2ncnn2C2Cc3ccccc3C2)o1. The van der Waals surface area contributed by atoms with E-state index in [1.807, 2.05) is 16.8 Å². The van der Waals surface area contributed by atoms with E-state index in [2.05, 4.69) is 40.6 Å². The lowest BCUT2D eigenvalue weighted by molar-refractivity contribution is 0.465. The smallest absolute Gasteiger partial charge is 0.194 e. The molecule has 0 amide bonds. The van der Waals surface area contributed by atoms with Crippen LogP contribution in [0.1, 0.15) is 22.9 Å². The largest absolute Gasteiger partial charge is 0.457 e. The number of thioether (sulfide) groups is 1. The molecule has 0 atom stereocenters. The first-order chi connectivity index (χ1) is 10.8. The summed E-state index contributed by atoms with van der Waals surface area (Å²) in [5.41, 5.74) is 2.83. The average Bonchev–Trinajstić information content (AvgIpc) is 3.25. The number of aromatic nitrogens is 3. The van der Waals surface area contributed by atoms with Gasteiger partial charge in [0.1, 0.15) is 12.1 Å². The monoisotopic (exact) mass is 311 g/mol. The van der Waals surface area contributed by atoms with Crippen molar-refractivity contribution in [2.45, 2.75) is 24.6 Å². The highest BCUT2D eigenvalue weighted by molar-refractivity contribution is 7.97. The third-order valence-corrected chi connectivity index (χ3v) is 4.69. The molecule has 22 heavy (non-hydrogen) atoms. The zero-order chi connectivity index (χ0) is 14.9. The molecule has 0 unspecified atom stereocenters. The van der Waals surface area contributed by atoms with Gasteiger partial charge in [-0.15, -0.1) is 0 Å². The van der Waals surface area contributed by atoms with Gasteiger partial charge in [-0.2, -0.15) is 16.9 Å². The van der Waals surface area contributed by atoms with Gasteiger partial charge in [0.15, 0.2) is 11.6 Å². The van der Waals surface area contributed by atoms with E-state index in [1.165, 1.54) is 11.1 Å². The Morgan fingerprint density at radius 2 is 1.95 bits per heavy atom. The Balaban J connectivity index is 1.63. The summed E-state index contributed by atoms with van der Waals surface area (Å²) in [5.74, 6) is 3.48. The Bertz CT molecular complexity index is 768. The first kappa shape index (κ1) is 13.6. The maximum absolute atomic E-state index is 5.90. The van der Waals surface area contributed by atoms with E-state index in [9.17, 15) is 0 Å². The molecule has 1 aliphatic carbocycles. The normalized spacial score (nSPS) is 14.4. The Labute approximate surface area is 133 Å². The molecule has 0 N–H and O–H groups in total. The molecular weight excluding hydrogens is 294 g/mol. The van der Waals surface area contributed by atoms with Crippen molar-refractivity contribution in [3.8, 4) is 11.6 Å². The molecule has 0 aliphatic heterocycles. The first-order valence-electron chi connectivity index (χ1n) is 7.39. The third kappa shape index (κ3) is 2.35. The Kier molecular flexibility index (Phi) is 3.50. The summed E-state index contributed by atoms with van der Waals surface area (Å²) in [6.07, 6.45) is 5.70. The van der Waals surface area contributed by atoms with Gasteiger partial charge < -0.3 is 4.42 Å². The van der Waals surface area contributed by atoms with E-state index in [0.29, 0.717) is 6.04 Å². The van der Waals surface area contributed by atoms with E-state index in [1.54, 1.807) is 18.1 Å². The van der Waals surface area contributed by atoms with Gasteiger partial charge in [-0.05, 0) is 42.4 Å². The zero-order valence-corrected chi connectivity index (χ0v) is 13.2. The summed E-state index contributed by atoms with van der Waals surface area (Å²) in [7, 11) is 0. The number of nitrogens with zero attached hydrogens (tertiary/aromatic N) is 3. The quantitative estimate of drug-likeness (QED) is 0.736. The van der Waals surface area contributed by atoms with Gasteiger partial charge in [0.2, 0.25) is 0 Å². The summed E-state index contributed by atoms with van der Waals surface area (Å²) in [6, 6.07) is 13.0. The van der Waals surface area contributed by atoms with Crippen LogP contribution in [0, 0.1) is 0 Å². The fourth-order valence-electron chi connectivity index (χ4n) is 3.12. The average molecular weight is 311 g/mol. The van der Waals surface area contributed by atoms with Crippen LogP contribution in [0.4, 0.5) is 0 Å². The van der Waals surface area contributed by atoms with Crippen molar-refractivity contribution < 1.29 is 4.42 Å². The van der Waals surface area contributed by atoms with Crippen LogP contribution in [0.3, 0.4) is 0 Å². The highest BCUT2D eigenvalue weighted by Crippen LogP contribution is 2.32. The molecule has 2 heterocycles. The van der Waals surface area contributed by atoms with Crippen molar-refractivity contribution in [2.75, 3.05) is 6.26 Å². The second-order valence-electron chi connectivity index (χ2n) is 5.56. The minimum atomic E-state index is 0.323. The summed E-state index contributed by atoms with van der Waals surface area (Å²) < 4.78 is 7.92. The predicted octanol–water partition coefficient (Wildman–Crippen LogP) is 3.74. The van der Waals surface area contributed by atoms with Crippen LogP contribution in [0.25, 0.3) is 11.6 Å². The molecule has 3 aromatic rings. The second kappa shape index (κ2) is 5.65. The molecule has 0 fully saturated rings. The molecule has 4 rings (SSSR count). The van der Waals surface area contributed by atoms with Crippen molar-refractivity contribution in [3.05, 3.63) is 59.6 Å². The zero-order valence-electron chi connectivity index (χ0n) is 12.4. The summed E-state index contributed by atoms with van der Waals surface area (Å²) in [4.78, 5) is 4.42. The molecule has 0 saturated heterocycles. The van der Waals surface area contributed by atoms with E-state index in [-0.39, 0.29) is 0 Å². The van der Waals surface area contributed by atoms with Gasteiger partial charge in [0.05, 0.1) is 11.8 Å². The van der Waals surface area contributed by atoms with Gasteiger partial charge >= 0.3 is 0 Å². The van der Waals surface area contributed by atoms with E-state index in [0.717, 1.165) is 35.9 Å². The topological polar surface area (TPSA) is 43.9 Å². The molecular formula is C17H17N3OS. The number of benzene rings is 1. The van der Waals surface area contributed by atoms with Crippen LogP contribution in [0.15, 0.2) is 47.1 Å². The lowest BCUT2D eigenvalue weighted by Crippen LogP contribution is -2.12. The third-order valence-electron chi connectivity index (χ3n) is 4.12. The highest BCUT2D eigenvalue weighted by Gasteiger charge is 2.26. The fourth-order valence-corrected chi connectivity index (χ4v) is 3.56. The van der Waals surface area contributed by atoms with Gasteiger partial charge in [-0.3, -0.25) is 0 Å². The number of hydrogen-bond donors (Lipinski definition) is 0. The first-order valence-corrected chi connectivity index (χ1v) is 8.79. The van der Waals surface area contributed by atoms with Crippen LogP contribution in [0.5, 0.6) is 0 Å². The van der Waals surface area contributed by atoms with Crippen LogP contribution >= 0.6 is 11.8 Å². The molecule has 0 saturated carbocycles. The standard InChI is InChI=1S/C17H17N3OS/c1-22-10-15-6-7-16(21-15)17-18-11-19-20(17)14-8-12-4-2-3-5-13(12)9-14/h2-7,11,14H,8-10H2,1H3. The van der Waals surface area contributed by atoms with E-state index >= 15 is 0 Å². The molecule has 0 spiro atoms. The van der Waals surface area contributed by atoms with E-state index in [4.69, 9.17) is 4.42 Å². The fraction of sp³-hybridized carbons (Fsp3) is 0.294. The predicted molar refractivity (Wildman–Crippen MR) is 87.8 cm³/mol. The maximum Gasteiger partial charge on any atom is 0.194 e. The Morgan fingerprint density at radius 3 is 2.68 bits per heavy atom. The molecule has 0 radical (unpaired) electrons. The number of fused-ring (bicyclic) bond motifs is 1. The van der Waals surface area contributed by atoms with Crippen LogP contribution < -0.4 is 0 Å². The summed E-state index contributed by atoms with van der Waals surface area (Å²) in [6.45, 7) is 0. The molecule has 2 aromatic heterocycles. The maximum atomic E-state index is 5.90. The number of rotatable bonds is 4. The Hall–Kier alpha value is -2.01. The number of furan rings is 1. The van der Waals surface area contributed by atoms with Crippen LogP contribution in [0.2, 0.25) is 0 Å². The van der Waals surface area contributed by atoms with Gasteiger partial charge in [0.25, 0.3) is 0 Å². The van der Waals surface area contributed by atoms with Crippen LogP contribution in [-0.4, -0.2) is 21.0 Å². The van der Waals surface area contributed by atoms with Gasteiger partial charge in [-0.1, -0.05) is 24.3 Å². The molecule has 1 aliphatic rings. The molecule has 112 valence electrons. The van der Waals surface area contributed by atoms with Crippen LogP contribution in [-0.2, 0) is 18.6 Å². The highest BCUT2D eigenvalue weighted by atomic mass is 32.2. The van der Waals surface area contributed by atoms with Crippen molar-refractivity contribution in [1.29, 1.82) is 0 Å².